The summed E-state index contributed by atoms with van der Waals surface area (Å²) in [6, 6.07) is 9.48. The van der Waals surface area contributed by atoms with Gasteiger partial charge in [0.25, 0.3) is 5.56 Å². The van der Waals surface area contributed by atoms with E-state index in [0.29, 0.717) is 5.95 Å². The molecule has 22 heavy (non-hydrogen) atoms. The van der Waals surface area contributed by atoms with Crippen LogP contribution in [0.2, 0.25) is 0 Å². The Morgan fingerprint density at radius 2 is 1.95 bits per heavy atom. The van der Waals surface area contributed by atoms with E-state index < -0.39 is 0 Å². The molecule has 0 atom stereocenters. The molecule has 6 heteroatoms. The molecule has 116 valence electrons. The van der Waals surface area contributed by atoms with Crippen molar-refractivity contribution in [3.05, 3.63) is 51.9 Å². The molecule has 6 nitrogen and oxygen atoms in total. The molecule has 0 amide bonds. The number of hydrogen-bond donors (Lipinski definition) is 2. The second kappa shape index (κ2) is 6.89. The van der Waals surface area contributed by atoms with E-state index >= 15 is 0 Å². The second-order valence-corrected chi connectivity index (χ2v) is 5.53. The largest absolute Gasteiger partial charge is 0.378 e. The number of nitrogens with one attached hydrogen (secondary N) is 2. The van der Waals surface area contributed by atoms with Crippen LogP contribution in [0.4, 0.5) is 11.6 Å². The molecule has 0 spiro atoms. The standard InChI is InChI=1S/C16H21N5O/c1-11(2)14-9-15(22)19-16(18-14)20-17-10-12-5-7-13(8-6-12)21(3)4/h5-11H,1-4H3,(H2,18,19,20,22)/b17-10-. The minimum atomic E-state index is -0.188. The first-order chi connectivity index (χ1) is 10.5. The van der Waals surface area contributed by atoms with Crippen LogP contribution in [0.3, 0.4) is 0 Å². The van der Waals surface area contributed by atoms with Crippen LogP contribution in [0.1, 0.15) is 31.0 Å². The van der Waals surface area contributed by atoms with E-state index in [2.05, 4.69) is 20.5 Å². The Hall–Kier alpha value is -2.63. The summed E-state index contributed by atoms with van der Waals surface area (Å²) in [7, 11) is 3.99. The number of nitrogens with zero attached hydrogens (tertiary/aromatic N) is 3. The summed E-state index contributed by atoms with van der Waals surface area (Å²) >= 11 is 0. The van der Waals surface area contributed by atoms with E-state index in [4.69, 9.17) is 0 Å². The third-order valence-corrected chi connectivity index (χ3v) is 3.15. The van der Waals surface area contributed by atoms with Crippen molar-refractivity contribution in [2.75, 3.05) is 24.4 Å². The van der Waals surface area contributed by atoms with Gasteiger partial charge in [0.1, 0.15) is 0 Å². The highest BCUT2D eigenvalue weighted by molar-refractivity contribution is 5.80. The van der Waals surface area contributed by atoms with Gasteiger partial charge in [-0.3, -0.25) is 9.78 Å². The van der Waals surface area contributed by atoms with Gasteiger partial charge in [0.15, 0.2) is 0 Å². The van der Waals surface area contributed by atoms with Crippen LogP contribution in [-0.2, 0) is 0 Å². The third kappa shape index (κ3) is 4.18. The van der Waals surface area contributed by atoms with Gasteiger partial charge >= 0.3 is 0 Å². The van der Waals surface area contributed by atoms with Crippen molar-refractivity contribution >= 4 is 17.9 Å². The number of anilines is 2. The topological polar surface area (TPSA) is 73.4 Å². The van der Waals surface area contributed by atoms with Gasteiger partial charge in [-0.1, -0.05) is 26.0 Å². The molecule has 0 unspecified atom stereocenters. The molecule has 0 fully saturated rings. The molecule has 0 aliphatic carbocycles. The molecule has 1 aromatic carbocycles. The van der Waals surface area contributed by atoms with Gasteiger partial charge in [-0.2, -0.15) is 5.10 Å². The quantitative estimate of drug-likeness (QED) is 0.657. The van der Waals surface area contributed by atoms with Crippen LogP contribution in [0, 0.1) is 0 Å². The third-order valence-electron chi connectivity index (χ3n) is 3.15. The summed E-state index contributed by atoms with van der Waals surface area (Å²) in [4.78, 5) is 20.5. The zero-order valence-corrected chi connectivity index (χ0v) is 13.3. The summed E-state index contributed by atoms with van der Waals surface area (Å²) in [6.07, 6.45) is 1.68. The van der Waals surface area contributed by atoms with Crippen molar-refractivity contribution in [3.63, 3.8) is 0 Å². The average molecular weight is 299 g/mol. The minimum Gasteiger partial charge on any atom is -0.378 e. The molecule has 0 aliphatic rings. The highest BCUT2D eigenvalue weighted by Crippen LogP contribution is 2.11. The molecule has 0 saturated carbocycles. The lowest BCUT2D eigenvalue weighted by molar-refractivity contribution is 0.810. The Morgan fingerprint density at radius 1 is 1.27 bits per heavy atom. The number of H-pyrrole nitrogens is 1. The summed E-state index contributed by atoms with van der Waals surface area (Å²) < 4.78 is 0. The van der Waals surface area contributed by atoms with Crippen LogP contribution in [0.15, 0.2) is 40.2 Å². The Balaban J connectivity index is 2.07. The first kappa shape index (κ1) is 15.8. The van der Waals surface area contributed by atoms with Gasteiger partial charge in [0, 0.05) is 25.8 Å². The first-order valence-electron chi connectivity index (χ1n) is 7.13. The predicted octanol–water partition coefficient (Wildman–Crippen LogP) is 2.41. The lowest BCUT2D eigenvalue weighted by Gasteiger charge is -2.11. The smallest absolute Gasteiger partial charge is 0.252 e. The molecule has 2 N–H and O–H groups in total. The zero-order chi connectivity index (χ0) is 16.1. The fourth-order valence-electron chi connectivity index (χ4n) is 1.85. The molecule has 0 bridgehead atoms. The highest BCUT2D eigenvalue weighted by Gasteiger charge is 2.04. The van der Waals surface area contributed by atoms with Crippen molar-refractivity contribution in [2.45, 2.75) is 19.8 Å². The maximum absolute atomic E-state index is 11.6. The normalized spacial score (nSPS) is 11.1. The number of rotatable bonds is 5. The Bertz CT molecular complexity index is 701. The Labute approximate surface area is 129 Å². The van der Waals surface area contributed by atoms with E-state index in [1.807, 2.05) is 57.1 Å². The monoisotopic (exact) mass is 299 g/mol. The SMILES string of the molecule is CC(C)c1cc(=O)[nH]c(N/N=C\c2ccc(N(C)C)cc2)n1. The second-order valence-electron chi connectivity index (χ2n) is 5.53. The van der Waals surface area contributed by atoms with Gasteiger partial charge < -0.3 is 4.90 Å². The zero-order valence-electron chi connectivity index (χ0n) is 13.3. The summed E-state index contributed by atoms with van der Waals surface area (Å²) in [5.41, 5.74) is 5.39. The lowest BCUT2D eigenvalue weighted by atomic mass is 10.1. The molecular weight excluding hydrogens is 278 g/mol. The van der Waals surface area contributed by atoms with Crippen molar-refractivity contribution in [2.24, 2.45) is 5.10 Å². The fraction of sp³-hybridized carbons (Fsp3) is 0.312. The Morgan fingerprint density at radius 3 is 2.55 bits per heavy atom. The van der Waals surface area contributed by atoms with E-state index in [-0.39, 0.29) is 11.5 Å². The van der Waals surface area contributed by atoms with Crippen molar-refractivity contribution in [1.29, 1.82) is 0 Å². The summed E-state index contributed by atoms with van der Waals surface area (Å²) in [6.45, 7) is 3.97. The van der Waals surface area contributed by atoms with Crippen LogP contribution in [-0.4, -0.2) is 30.3 Å². The fourth-order valence-corrected chi connectivity index (χ4v) is 1.85. The number of benzene rings is 1. The van der Waals surface area contributed by atoms with E-state index in [1.54, 1.807) is 6.21 Å². The number of hydrogen-bond acceptors (Lipinski definition) is 5. The van der Waals surface area contributed by atoms with Gasteiger partial charge in [-0.05, 0) is 23.6 Å². The van der Waals surface area contributed by atoms with Crippen molar-refractivity contribution < 1.29 is 0 Å². The van der Waals surface area contributed by atoms with Gasteiger partial charge in [-0.25, -0.2) is 10.4 Å². The summed E-state index contributed by atoms with van der Waals surface area (Å²) in [5.74, 6) is 0.530. The molecule has 2 rings (SSSR count). The Kier molecular flexibility index (Phi) is 4.93. The van der Waals surface area contributed by atoms with Gasteiger partial charge in [0.2, 0.25) is 5.95 Å². The number of aromatic nitrogens is 2. The van der Waals surface area contributed by atoms with E-state index in [9.17, 15) is 4.79 Å². The minimum absolute atomic E-state index is 0.186. The van der Waals surface area contributed by atoms with E-state index in [0.717, 1.165) is 16.9 Å². The van der Waals surface area contributed by atoms with Crippen LogP contribution >= 0.6 is 0 Å². The van der Waals surface area contributed by atoms with Crippen molar-refractivity contribution in [1.82, 2.24) is 9.97 Å². The van der Waals surface area contributed by atoms with Gasteiger partial charge in [-0.15, -0.1) is 0 Å². The molecule has 1 heterocycles. The van der Waals surface area contributed by atoms with Gasteiger partial charge in [0.05, 0.1) is 11.9 Å². The van der Waals surface area contributed by atoms with Crippen molar-refractivity contribution in [3.8, 4) is 0 Å². The molecular formula is C16H21N5O. The first-order valence-corrected chi connectivity index (χ1v) is 7.13. The number of aromatic amines is 1. The van der Waals surface area contributed by atoms with E-state index in [1.165, 1.54) is 6.07 Å². The molecule has 2 aromatic rings. The number of hydrazone groups is 1. The van der Waals surface area contributed by atoms with Crippen LogP contribution < -0.4 is 15.9 Å². The predicted molar refractivity (Wildman–Crippen MR) is 90.9 cm³/mol. The molecule has 1 aromatic heterocycles. The van der Waals surface area contributed by atoms with Crippen LogP contribution in [0.5, 0.6) is 0 Å². The molecule has 0 aliphatic heterocycles. The molecule has 0 saturated heterocycles. The summed E-state index contributed by atoms with van der Waals surface area (Å²) in [5, 5.41) is 4.11. The maximum atomic E-state index is 11.6. The lowest BCUT2D eigenvalue weighted by Crippen LogP contribution is -2.12. The molecule has 0 radical (unpaired) electrons. The maximum Gasteiger partial charge on any atom is 0.252 e. The van der Waals surface area contributed by atoms with Crippen LogP contribution in [0.25, 0.3) is 0 Å². The average Bonchev–Trinajstić information content (AvgIpc) is 2.47. The highest BCUT2D eigenvalue weighted by atomic mass is 16.1.